The van der Waals surface area contributed by atoms with E-state index in [1.54, 1.807) is 17.2 Å². The van der Waals surface area contributed by atoms with Gasteiger partial charge in [-0.25, -0.2) is 4.98 Å². The number of hydrogen-bond donors (Lipinski definition) is 1. The van der Waals surface area contributed by atoms with Gasteiger partial charge in [-0.2, -0.15) is 0 Å². The summed E-state index contributed by atoms with van der Waals surface area (Å²) < 4.78 is 0. The molecule has 0 aliphatic carbocycles. The number of hydrogen-bond acceptors (Lipinski definition) is 3. The lowest BCUT2D eigenvalue weighted by Crippen LogP contribution is -2.30. The van der Waals surface area contributed by atoms with Crippen LogP contribution in [0.15, 0.2) is 72.9 Å². The van der Waals surface area contributed by atoms with Crippen LogP contribution in [-0.2, 0) is 0 Å². The second kappa shape index (κ2) is 8.49. The third kappa shape index (κ3) is 4.53. The van der Waals surface area contributed by atoms with E-state index in [9.17, 15) is 4.79 Å². The molecular weight excluding hydrogens is 334 g/mol. The number of anilines is 2. The molecule has 3 rings (SSSR count). The first-order valence-corrected chi connectivity index (χ1v) is 9.24. The van der Waals surface area contributed by atoms with Gasteiger partial charge in [0.2, 0.25) is 0 Å². The highest BCUT2D eigenvalue weighted by Gasteiger charge is 2.17. The van der Waals surface area contributed by atoms with Crippen molar-refractivity contribution in [1.29, 1.82) is 0 Å². The summed E-state index contributed by atoms with van der Waals surface area (Å²) >= 11 is 0. The van der Waals surface area contributed by atoms with E-state index in [2.05, 4.69) is 29.4 Å². The second-order valence-electron chi connectivity index (χ2n) is 6.59. The summed E-state index contributed by atoms with van der Waals surface area (Å²) in [5, 5.41) is 3.38. The second-order valence-corrected chi connectivity index (χ2v) is 6.59. The van der Waals surface area contributed by atoms with Gasteiger partial charge >= 0.3 is 0 Å². The molecular formula is C23H25N3O. The lowest BCUT2D eigenvalue weighted by Gasteiger charge is -2.22. The zero-order chi connectivity index (χ0) is 19.2. The summed E-state index contributed by atoms with van der Waals surface area (Å²) in [6.07, 6.45) is 1.68. The predicted molar refractivity (Wildman–Crippen MR) is 111 cm³/mol. The fourth-order valence-electron chi connectivity index (χ4n) is 3.08. The number of aromatic nitrogens is 1. The summed E-state index contributed by atoms with van der Waals surface area (Å²) in [7, 11) is 0. The first kappa shape index (κ1) is 18.6. The van der Waals surface area contributed by atoms with Crippen molar-refractivity contribution in [3.05, 3.63) is 89.6 Å². The topological polar surface area (TPSA) is 45.2 Å². The van der Waals surface area contributed by atoms with Crippen LogP contribution in [0, 0.1) is 6.92 Å². The maximum Gasteiger partial charge on any atom is 0.258 e. The number of carbonyl (C=O) groups is 1. The largest absolute Gasteiger partial charge is 0.364 e. The van der Waals surface area contributed by atoms with E-state index in [1.165, 1.54) is 5.56 Å². The molecule has 4 nitrogen and oxygen atoms in total. The molecule has 3 aromatic rings. The molecule has 0 aliphatic heterocycles. The molecule has 0 fully saturated rings. The number of amides is 1. The Kier molecular flexibility index (Phi) is 5.87. The summed E-state index contributed by atoms with van der Waals surface area (Å²) in [6, 6.07) is 21.9. The van der Waals surface area contributed by atoms with Crippen molar-refractivity contribution in [2.45, 2.75) is 26.8 Å². The molecule has 138 valence electrons. The standard InChI is InChI=1S/C23H25N3O/c1-4-26(21-12-8-9-17(2)15-21)23(27)20-13-14-24-22(16-20)25-18(3)19-10-6-5-7-11-19/h5-16,18H,4H2,1-3H3,(H,24,25). The van der Waals surface area contributed by atoms with Gasteiger partial charge in [-0.15, -0.1) is 0 Å². The minimum atomic E-state index is -0.0269. The number of nitrogens with zero attached hydrogens (tertiary/aromatic N) is 2. The predicted octanol–water partition coefficient (Wildman–Crippen LogP) is 5.23. The molecule has 0 saturated heterocycles. The van der Waals surface area contributed by atoms with Crippen LogP contribution in [0.1, 0.15) is 41.4 Å². The van der Waals surface area contributed by atoms with Crippen LogP contribution in [0.4, 0.5) is 11.5 Å². The van der Waals surface area contributed by atoms with Crippen LogP contribution in [0.3, 0.4) is 0 Å². The molecule has 1 atom stereocenters. The van der Waals surface area contributed by atoms with Crippen molar-refractivity contribution in [3.63, 3.8) is 0 Å². The summed E-state index contributed by atoms with van der Waals surface area (Å²) in [5.74, 6) is 0.665. The van der Waals surface area contributed by atoms with E-state index < -0.39 is 0 Å². The van der Waals surface area contributed by atoms with E-state index in [1.807, 2.05) is 62.4 Å². The van der Waals surface area contributed by atoms with Gasteiger partial charge in [0, 0.05) is 30.0 Å². The maximum atomic E-state index is 13.1. The average molecular weight is 359 g/mol. The number of rotatable bonds is 6. The minimum Gasteiger partial charge on any atom is -0.364 e. The summed E-state index contributed by atoms with van der Waals surface area (Å²) in [4.78, 5) is 19.2. The highest BCUT2D eigenvalue weighted by Crippen LogP contribution is 2.21. The van der Waals surface area contributed by atoms with Gasteiger partial charge in [0.05, 0.1) is 0 Å². The molecule has 2 aromatic carbocycles. The third-order valence-corrected chi connectivity index (χ3v) is 4.55. The Balaban J connectivity index is 1.80. The molecule has 0 radical (unpaired) electrons. The normalized spacial score (nSPS) is 11.7. The summed E-state index contributed by atoms with van der Waals surface area (Å²) in [6.45, 7) is 6.70. The van der Waals surface area contributed by atoms with Gasteiger partial charge in [0.25, 0.3) is 5.91 Å². The molecule has 1 heterocycles. The molecule has 0 spiro atoms. The van der Waals surface area contributed by atoms with Crippen LogP contribution in [0.25, 0.3) is 0 Å². The fraction of sp³-hybridized carbons (Fsp3) is 0.217. The van der Waals surface area contributed by atoms with Crippen molar-refractivity contribution in [3.8, 4) is 0 Å². The highest BCUT2D eigenvalue weighted by molar-refractivity contribution is 6.06. The Morgan fingerprint density at radius 1 is 1.07 bits per heavy atom. The van der Waals surface area contributed by atoms with Gasteiger partial charge in [0.1, 0.15) is 5.82 Å². The molecule has 0 aliphatic rings. The molecule has 4 heteroatoms. The first-order chi connectivity index (χ1) is 13.1. The molecule has 1 N–H and O–H groups in total. The van der Waals surface area contributed by atoms with Crippen molar-refractivity contribution in [2.24, 2.45) is 0 Å². The Morgan fingerprint density at radius 2 is 1.85 bits per heavy atom. The number of pyridine rings is 1. The number of aryl methyl sites for hydroxylation is 1. The molecule has 0 saturated carbocycles. The van der Waals surface area contributed by atoms with E-state index >= 15 is 0 Å². The smallest absolute Gasteiger partial charge is 0.258 e. The van der Waals surface area contributed by atoms with Gasteiger partial charge in [-0.1, -0.05) is 42.5 Å². The zero-order valence-corrected chi connectivity index (χ0v) is 16.0. The molecule has 0 bridgehead atoms. The minimum absolute atomic E-state index is 0.0269. The van der Waals surface area contributed by atoms with Gasteiger partial charge in [-0.05, 0) is 56.2 Å². The van der Waals surface area contributed by atoms with E-state index in [4.69, 9.17) is 0 Å². The van der Waals surface area contributed by atoms with Crippen LogP contribution in [0.5, 0.6) is 0 Å². The van der Waals surface area contributed by atoms with Gasteiger partial charge in [-0.3, -0.25) is 4.79 Å². The fourth-order valence-corrected chi connectivity index (χ4v) is 3.08. The van der Waals surface area contributed by atoms with E-state index in [0.717, 1.165) is 11.3 Å². The van der Waals surface area contributed by atoms with Crippen molar-refractivity contribution >= 4 is 17.4 Å². The Morgan fingerprint density at radius 3 is 2.56 bits per heavy atom. The molecule has 1 unspecified atom stereocenters. The molecule has 1 amide bonds. The van der Waals surface area contributed by atoms with Crippen molar-refractivity contribution in [2.75, 3.05) is 16.8 Å². The Bertz CT molecular complexity index is 908. The van der Waals surface area contributed by atoms with Crippen LogP contribution >= 0.6 is 0 Å². The van der Waals surface area contributed by atoms with Crippen molar-refractivity contribution < 1.29 is 4.79 Å². The quantitative estimate of drug-likeness (QED) is 0.655. The maximum absolute atomic E-state index is 13.1. The molecule has 1 aromatic heterocycles. The highest BCUT2D eigenvalue weighted by atomic mass is 16.2. The lowest BCUT2D eigenvalue weighted by molar-refractivity contribution is 0.0988. The monoisotopic (exact) mass is 359 g/mol. The Hall–Kier alpha value is -3.14. The SMILES string of the molecule is CCN(C(=O)c1ccnc(NC(C)c2ccccc2)c1)c1cccc(C)c1. The van der Waals surface area contributed by atoms with E-state index in [-0.39, 0.29) is 11.9 Å². The van der Waals surface area contributed by atoms with Crippen LogP contribution in [-0.4, -0.2) is 17.4 Å². The van der Waals surface area contributed by atoms with Crippen LogP contribution < -0.4 is 10.2 Å². The summed E-state index contributed by atoms with van der Waals surface area (Å²) in [5.41, 5.74) is 3.83. The third-order valence-electron chi connectivity index (χ3n) is 4.55. The van der Waals surface area contributed by atoms with E-state index in [0.29, 0.717) is 17.9 Å². The lowest BCUT2D eigenvalue weighted by atomic mass is 10.1. The average Bonchev–Trinajstić information content (AvgIpc) is 2.69. The number of benzene rings is 2. The number of nitrogens with one attached hydrogen (secondary N) is 1. The first-order valence-electron chi connectivity index (χ1n) is 9.24. The van der Waals surface area contributed by atoms with Gasteiger partial charge < -0.3 is 10.2 Å². The Labute approximate surface area is 160 Å². The molecule has 27 heavy (non-hydrogen) atoms. The number of carbonyl (C=O) groups excluding carboxylic acids is 1. The van der Waals surface area contributed by atoms with Crippen LogP contribution in [0.2, 0.25) is 0 Å². The van der Waals surface area contributed by atoms with Crippen molar-refractivity contribution in [1.82, 2.24) is 4.98 Å². The van der Waals surface area contributed by atoms with Gasteiger partial charge in [0.15, 0.2) is 0 Å². The zero-order valence-electron chi connectivity index (χ0n) is 16.0.